The number of benzene rings is 1. The van der Waals surface area contributed by atoms with Gasteiger partial charge in [0.15, 0.2) is 0 Å². The normalized spacial score (nSPS) is 12.7. The zero-order valence-corrected chi connectivity index (χ0v) is 15.0. The van der Waals surface area contributed by atoms with Crippen LogP contribution in [0.4, 0.5) is 0 Å². The molecule has 7 heteroatoms. The fourth-order valence-electron chi connectivity index (χ4n) is 2.21. The number of hydrogen-bond acceptors (Lipinski definition) is 4. The Labute approximate surface area is 138 Å². The van der Waals surface area contributed by atoms with Gasteiger partial charge in [-0.15, -0.1) is 0 Å². The Morgan fingerprint density at radius 1 is 1.26 bits per heavy atom. The predicted octanol–water partition coefficient (Wildman–Crippen LogP) is 2.30. The molecule has 1 amide bonds. The van der Waals surface area contributed by atoms with E-state index in [4.69, 9.17) is 4.74 Å². The number of sulfonamides is 1. The van der Waals surface area contributed by atoms with E-state index in [2.05, 4.69) is 10.0 Å². The zero-order valence-electron chi connectivity index (χ0n) is 14.2. The number of amides is 1. The highest BCUT2D eigenvalue weighted by atomic mass is 32.2. The highest BCUT2D eigenvalue weighted by molar-refractivity contribution is 7.89. The van der Waals surface area contributed by atoms with Crippen LogP contribution in [0.2, 0.25) is 0 Å². The summed E-state index contributed by atoms with van der Waals surface area (Å²) in [6, 6.07) is 4.49. The van der Waals surface area contributed by atoms with Crippen LogP contribution in [0, 0.1) is 0 Å². The Hall–Kier alpha value is -1.60. The summed E-state index contributed by atoms with van der Waals surface area (Å²) in [5.41, 5.74) is 0.299. The molecule has 0 aliphatic rings. The summed E-state index contributed by atoms with van der Waals surface area (Å²) in [5.74, 6) is -0.0476. The fourth-order valence-corrected chi connectivity index (χ4v) is 3.42. The van der Waals surface area contributed by atoms with Crippen LogP contribution in [0.1, 0.15) is 50.9 Å². The highest BCUT2D eigenvalue weighted by Gasteiger charge is 2.21. The number of ether oxygens (including phenoxy) is 1. The van der Waals surface area contributed by atoms with Crippen molar-refractivity contribution in [3.05, 3.63) is 23.8 Å². The van der Waals surface area contributed by atoms with E-state index in [1.54, 1.807) is 19.9 Å². The number of hydrogen-bond donors (Lipinski definition) is 2. The number of nitrogens with one attached hydrogen (secondary N) is 2. The van der Waals surface area contributed by atoms with Gasteiger partial charge >= 0.3 is 0 Å². The van der Waals surface area contributed by atoms with Crippen molar-refractivity contribution in [1.29, 1.82) is 0 Å². The van der Waals surface area contributed by atoms with Crippen molar-refractivity contribution in [2.45, 2.75) is 51.5 Å². The molecule has 6 nitrogen and oxygen atoms in total. The van der Waals surface area contributed by atoms with Gasteiger partial charge in [-0.25, -0.2) is 13.1 Å². The minimum atomic E-state index is -3.71. The van der Waals surface area contributed by atoms with Crippen LogP contribution in [0.3, 0.4) is 0 Å². The molecule has 1 atom stereocenters. The van der Waals surface area contributed by atoms with Crippen LogP contribution < -0.4 is 14.8 Å². The van der Waals surface area contributed by atoms with E-state index in [9.17, 15) is 13.2 Å². The highest BCUT2D eigenvalue weighted by Crippen LogP contribution is 2.25. The lowest BCUT2D eigenvalue weighted by atomic mass is 10.1. The fraction of sp³-hybridized carbons (Fsp3) is 0.562. The van der Waals surface area contributed by atoms with Crippen molar-refractivity contribution >= 4 is 15.9 Å². The van der Waals surface area contributed by atoms with Crippen LogP contribution in [0.25, 0.3) is 0 Å². The maximum absolute atomic E-state index is 12.3. The smallest absolute Gasteiger partial charge is 0.251 e. The van der Waals surface area contributed by atoms with E-state index in [0.717, 1.165) is 12.8 Å². The van der Waals surface area contributed by atoms with E-state index < -0.39 is 10.0 Å². The summed E-state index contributed by atoms with van der Waals surface area (Å²) in [5, 5.41) is 2.86. The molecule has 0 spiro atoms. The molecule has 0 unspecified atom stereocenters. The first kappa shape index (κ1) is 19.4. The minimum Gasteiger partial charge on any atom is -0.492 e. The summed E-state index contributed by atoms with van der Waals surface area (Å²) in [6.45, 7) is 8.04. The summed E-state index contributed by atoms with van der Waals surface area (Å²) in [6.07, 6.45) is 1.83. The molecule has 1 aromatic carbocycles. The second kappa shape index (κ2) is 8.88. The third kappa shape index (κ3) is 5.51. The van der Waals surface area contributed by atoms with Crippen LogP contribution in [0.5, 0.6) is 5.75 Å². The SMILES string of the molecule is CCC[C@H](C)NC(=O)c1ccc(OCC)c(S(=O)(=O)NCC)c1. The second-order valence-corrected chi connectivity index (χ2v) is 6.99. The van der Waals surface area contributed by atoms with Gasteiger partial charge in [-0.3, -0.25) is 4.79 Å². The van der Waals surface area contributed by atoms with Gasteiger partial charge in [0.05, 0.1) is 6.61 Å². The van der Waals surface area contributed by atoms with E-state index in [1.807, 2.05) is 13.8 Å². The maximum atomic E-state index is 12.3. The summed E-state index contributed by atoms with van der Waals surface area (Å²) < 4.78 is 32.4. The molecular formula is C16H26N2O4S. The molecule has 0 saturated carbocycles. The quantitative estimate of drug-likeness (QED) is 0.721. The van der Waals surface area contributed by atoms with E-state index in [-0.39, 0.29) is 29.1 Å². The average Bonchev–Trinajstić information content (AvgIpc) is 2.47. The second-order valence-electron chi connectivity index (χ2n) is 5.26. The van der Waals surface area contributed by atoms with Crippen LogP contribution in [-0.2, 0) is 10.0 Å². The molecule has 1 aromatic rings. The van der Waals surface area contributed by atoms with Gasteiger partial charge in [-0.05, 0) is 38.5 Å². The van der Waals surface area contributed by atoms with Crippen molar-refractivity contribution in [2.75, 3.05) is 13.2 Å². The van der Waals surface area contributed by atoms with Gasteiger partial charge in [0.2, 0.25) is 10.0 Å². The van der Waals surface area contributed by atoms with E-state index >= 15 is 0 Å². The number of rotatable bonds is 9. The van der Waals surface area contributed by atoms with Gasteiger partial charge in [-0.1, -0.05) is 20.3 Å². The Balaban J connectivity index is 3.15. The monoisotopic (exact) mass is 342 g/mol. The third-order valence-electron chi connectivity index (χ3n) is 3.23. The van der Waals surface area contributed by atoms with Crippen molar-refractivity contribution in [2.24, 2.45) is 0 Å². The van der Waals surface area contributed by atoms with Crippen LogP contribution in [0.15, 0.2) is 23.1 Å². The van der Waals surface area contributed by atoms with Crippen LogP contribution >= 0.6 is 0 Å². The van der Waals surface area contributed by atoms with E-state index in [1.165, 1.54) is 12.1 Å². The molecule has 0 fully saturated rings. The van der Waals surface area contributed by atoms with Crippen molar-refractivity contribution in [1.82, 2.24) is 10.0 Å². The minimum absolute atomic E-state index is 0.0167. The van der Waals surface area contributed by atoms with Crippen LogP contribution in [-0.4, -0.2) is 33.5 Å². The lowest BCUT2D eigenvalue weighted by Crippen LogP contribution is -2.32. The average molecular weight is 342 g/mol. The molecule has 2 N–H and O–H groups in total. The van der Waals surface area contributed by atoms with Crippen molar-refractivity contribution in [3.63, 3.8) is 0 Å². The van der Waals surface area contributed by atoms with Gasteiger partial charge in [0, 0.05) is 18.2 Å². The largest absolute Gasteiger partial charge is 0.492 e. The summed E-state index contributed by atoms with van der Waals surface area (Å²) in [7, 11) is -3.71. The lowest BCUT2D eigenvalue weighted by molar-refractivity contribution is 0.0938. The van der Waals surface area contributed by atoms with E-state index in [0.29, 0.717) is 12.2 Å². The van der Waals surface area contributed by atoms with Gasteiger partial charge in [0.25, 0.3) is 5.91 Å². The molecular weight excluding hydrogens is 316 g/mol. The predicted molar refractivity (Wildman–Crippen MR) is 90.3 cm³/mol. The first-order valence-corrected chi connectivity index (χ1v) is 9.41. The van der Waals surface area contributed by atoms with Crippen molar-refractivity contribution < 1.29 is 17.9 Å². The molecule has 0 heterocycles. The zero-order chi connectivity index (χ0) is 17.5. The molecule has 0 aliphatic heterocycles. The first-order chi connectivity index (χ1) is 10.9. The molecule has 0 radical (unpaired) electrons. The topological polar surface area (TPSA) is 84.5 Å². The van der Waals surface area contributed by atoms with Crippen molar-refractivity contribution in [3.8, 4) is 5.75 Å². The van der Waals surface area contributed by atoms with Gasteiger partial charge in [0.1, 0.15) is 10.6 Å². The molecule has 23 heavy (non-hydrogen) atoms. The Kier molecular flexibility index (Phi) is 7.51. The van der Waals surface area contributed by atoms with Gasteiger partial charge < -0.3 is 10.1 Å². The summed E-state index contributed by atoms with van der Waals surface area (Å²) >= 11 is 0. The number of carbonyl (C=O) groups is 1. The Morgan fingerprint density at radius 3 is 2.52 bits per heavy atom. The molecule has 130 valence electrons. The maximum Gasteiger partial charge on any atom is 0.251 e. The molecule has 0 saturated heterocycles. The molecule has 0 bridgehead atoms. The lowest BCUT2D eigenvalue weighted by Gasteiger charge is -2.15. The summed E-state index contributed by atoms with van der Waals surface area (Å²) in [4.78, 5) is 12.3. The molecule has 0 aromatic heterocycles. The standard InChI is InChI=1S/C16H26N2O4S/c1-5-8-12(4)18-16(19)13-9-10-14(22-7-3)15(11-13)23(20,21)17-6-2/h9-12,17H,5-8H2,1-4H3,(H,18,19)/t12-/m0/s1. The molecule has 0 aliphatic carbocycles. The molecule has 1 rings (SSSR count). The Morgan fingerprint density at radius 2 is 1.96 bits per heavy atom. The third-order valence-corrected chi connectivity index (χ3v) is 4.80. The number of carbonyl (C=O) groups excluding carboxylic acids is 1. The first-order valence-electron chi connectivity index (χ1n) is 7.93. The Bertz CT molecular complexity index is 629. The van der Waals surface area contributed by atoms with Gasteiger partial charge in [-0.2, -0.15) is 0 Å².